The molecular weight excluding hydrogens is 258 g/mol. The molecule has 2 atom stereocenters. The number of nitrogens with one attached hydrogen (secondary N) is 1. The average molecular weight is 284 g/mol. The molecule has 0 aromatic heterocycles. The van der Waals surface area contributed by atoms with Crippen molar-refractivity contribution in [2.24, 2.45) is 0 Å². The lowest BCUT2D eigenvalue weighted by molar-refractivity contribution is 0.106. The second-order valence-corrected chi connectivity index (χ2v) is 5.58. The van der Waals surface area contributed by atoms with E-state index in [1.807, 2.05) is 6.07 Å². The quantitative estimate of drug-likeness (QED) is 0.779. The van der Waals surface area contributed by atoms with Gasteiger partial charge in [-0.25, -0.2) is 0 Å². The predicted octanol–water partition coefficient (Wildman–Crippen LogP) is 3.98. The maximum absolute atomic E-state index is 6.31. The SMILES string of the molecule is CCNC(CCC(C)OC)Cc1ccc(C)cc1Cl. The van der Waals surface area contributed by atoms with Gasteiger partial charge in [-0.05, 0) is 56.8 Å². The first-order chi connectivity index (χ1) is 9.06. The fourth-order valence-electron chi connectivity index (χ4n) is 2.20. The summed E-state index contributed by atoms with van der Waals surface area (Å²) in [5.74, 6) is 0. The van der Waals surface area contributed by atoms with Crippen LogP contribution in [0.3, 0.4) is 0 Å². The van der Waals surface area contributed by atoms with E-state index in [0.717, 1.165) is 30.8 Å². The molecule has 0 aliphatic heterocycles. The highest BCUT2D eigenvalue weighted by molar-refractivity contribution is 6.31. The summed E-state index contributed by atoms with van der Waals surface area (Å²) in [5, 5.41) is 4.42. The molecule has 1 rings (SSSR count). The summed E-state index contributed by atoms with van der Waals surface area (Å²) in [6, 6.07) is 6.77. The second kappa shape index (κ2) is 8.57. The Morgan fingerprint density at radius 2 is 2.05 bits per heavy atom. The minimum atomic E-state index is 0.314. The van der Waals surface area contributed by atoms with Crippen molar-refractivity contribution < 1.29 is 4.74 Å². The summed E-state index contributed by atoms with van der Waals surface area (Å²) in [6.45, 7) is 7.30. The Kier molecular flexibility index (Phi) is 7.44. The van der Waals surface area contributed by atoms with E-state index in [2.05, 4.69) is 38.2 Å². The second-order valence-electron chi connectivity index (χ2n) is 5.18. The number of hydrogen-bond donors (Lipinski definition) is 1. The molecule has 2 unspecified atom stereocenters. The van der Waals surface area contributed by atoms with Crippen molar-refractivity contribution in [3.05, 3.63) is 34.3 Å². The molecule has 1 N–H and O–H groups in total. The van der Waals surface area contributed by atoms with Crippen molar-refractivity contribution in [1.82, 2.24) is 5.32 Å². The van der Waals surface area contributed by atoms with Crippen LogP contribution in [0.5, 0.6) is 0 Å². The smallest absolute Gasteiger partial charge is 0.0543 e. The van der Waals surface area contributed by atoms with Gasteiger partial charge in [-0.2, -0.15) is 0 Å². The Bertz CT molecular complexity index is 381. The monoisotopic (exact) mass is 283 g/mol. The molecule has 2 nitrogen and oxygen atoms in total. The summed E-state index contributed by atoms with van der Waals surface area (Å²) in [5.41, 5.74) is 2.44. The molecule has 0 saturated heterocycles. The fourth-order valence-corrected chi connectivity index (χ4v) is 2.51. The van der Waals surface area contributed by atoms with E-state index in [-0.39, 0.29) is 0 Å². The minimum Gasteiger partial charge on any atom is -0.382 e. The van der Waals surface area contributed by atoms with Crippen molar-refractivity contribution in [3.63, 3.8) is 0 Å². The summed E-state index contributed by atoms with van der Waals surface area (Å²) >= 11 is 6.31. The van der Waals surface area contributed by atoms with Gasteiger partial charge in [0.2, 0.25) is 0 Å². The predicted molar refractivity (Wildman–Crippen MR) is 83.1 cm³/mol. The molecule has 0 heterocycles. The minimum absolute atomic E-state index is 0.314. The number of halogens is 1. The van der Waals surface area contributed by atoms with Gasteiger partial charge in [-0.3, -0.25) is 0 Å². The van der Waals surface area contributed by atoms with Gasteiger partial charge in [0.1, 0.15) is 0 Å². The van der Waals surface area contributed by atoms with Crippen LogP contribution in [-0.4, -0.2) is 25.8 Å². The lowest BCUT2D eigenvalue weighted by atomic mass is 9.99. The lowest BCUT2D eigenvalue weighted by Gasteiger charge is -2.20. The van der Waals surface area contributed by atoms with E-state index >= 15 is 0 Å². The highest BCUT2D eigenvalue weighted by Gasteiger charge is 2.12. The Hall–Kier alpha value is -0.570. The normalized spacial score (nSPS) is 14.4. The molecule has 0 aliphatic rings. The number of benzene rings is 1. The zero-order chi connectivity index (χ0) is 14.3. The summed E-state index contributed by atoms with van der Waals surface area (Å²) in [6.07, 6.45) is 3.46. The third kappa shape index (κ3) is 5.94. The van der Waals surface area contributed by atoms with E-state index < -0.39 is 0 Å². The van der Waals surface area contributed by atoms with Crippen LogP contribution in [0.4, 0.5) is 0 Å². The van der Waals surface area contributed by atoms with Crippen molar-refractivity contribution in [2.45, 2.75) is 52.2 Å². The van der Waals surface area contributed by atoms with Gasteiger partial charge in [0.25, 0.3) is 0 Å². The molecule has 1 aromatic carbocycles. The standard InChI is InChI=1S/C16H26ClNO/c1-5-18-15(9-7-13(3)19-4)11-14-8-6-12(2)10-16(14)17/h6,8,10,13,15,18H,5,7,9,11H2,1-4H3. The number of hydrogen-bond acceptors (Lipinski definition) is 2. The highest BCUT2D eigenvalue weighted by atomic mass is 35.5. The molecule has 0 amide bonds. The summed E-state index contributed by atoms with van der Waals surface area (Å²) in [7, 11) is 1.77. The van der Waals surface area contributed by atoms with Crippen LogP contribution in [0.1, 0.15) is 37.8 Å². The van der Waals surface area contributed by atoms with Crippen LogP contribution < -0.4 is 5.32 Å². The van der Waals surface area contributed by atoms with Gasteiger partial charge in [-0.15, -0.1) is 0 Å². The molecule has 0 fully saturated rings. The van der Waals surface area contributed by atoms with Gasteiger partial charge in [0.15, 0.2) is 0 Å². The molecule has 0 saturated carbocycles. The van der Waals surface area contributed by atoms with E-state index in [1.54, 1.807) is 7.11 Å². The maximum Gasteiger partial charge on any atom is 0.0543 e. The van der Waals surface area contributed by atoms with E-state index in [0.29, 0.717) is 12.1 Å². The fraction of sp³-hybridized carbons (Fsp3) is 0.625. The number of likely N-dealkylation sites (N-methyl/N-ethyl adjacent to an activating group) is 1. The van der Waals surface area contributed by atoms with Crippen molar-refractivity contribution in [3.8, 4) is 0 Å². The van der Waals surface area contributed by atoms with Gasteiger partial charge in [0.05, 0.1) is 6.10 Å². The number of rotatable bonds is 8. The third-order valence-electron chi connectivity index (χ3n) is 3.49. The zero-order valence-electron chi connectivity index (χ0n) is 12.5. The first kappa shape index (κ1) is 16.5. The number of methoxy groups -OCH3 is 1. The molecular formula is C16H26ClNO. The Morgan fingerprint density at radius 1 is 1.32 bits per heavy atom. The van der Waals surface area contributed by atoms with Crippen molar-refractivity contribution in [2.75, 3.05) is 13.7 Å². The molecule has 19 heavy (non-hydrogen) atoms. The molecule has 108 valence electrons. The van der Waals surface area contributed by atoms with Crippen LogP contribution in [0, 0.1) is 6.92 Å². The lowest BCUT2D eigenvalue weighted by Crippen LogP contribution is -2.32. The Balaban J connectivity index is 2.61. The average Bonchev–Trinajstić information content (AvgIpc) is 2.38. The summed E-state index contributed by atoms with van der Waals surface area (Å²) < 4.78 is 5.31. The molecule has 0 spiro atoms. The van der Waals surface area contributed by atoms with Crippen molar-refractivity contribution in [1.29, 1.82) is 0 Å². The van der Waals surface area contributed by atoms with Gasteiger partial charge in [0, 0.05) is 18.2 Å². The number of ether oxygens (including phenoxy) is 1. The van der Waals surface area contributed by atoms with E-state index in [9.17, 15) is 0 Å². The maximum atomic E-state index is 6.31. The molecule has 1 aromatic rings. The number of aryl methyl sites for hydroxylation is 1. The zero-order valence-corrected chi connectivity index (χ0v) is 13.3. The summed E-state index contributed by atoms with van der Waals surface area (Å²) in [4.78, 5) is 0. The van der Waals surface area contributed by atoms with Crippen LogP contribution in [0.25, 0.3) is 0 Å². The first-order valence-corrected chi connectivity index (χ1v) is 7.45. The van der Waals surface area contributed by atoms with Crippen LogP contribution in [0.15, 0.2) is 18.2 Å². The topological polar surface area (TPSA) is 21.3 Å². The molecule has 3 heteroatoms. The van der Waals surface area contributed by atoms with Crippen LogP contribution >= 0.6 is 11.6 Å². The molecule has 0 radical (unpaired) electrons. The molecule has 0 aliphatic carbocycles. The van der Waals surface area contributed by atoms with Gasteiger partial charge < -0.3 is 10.1 Å². The Labute approximate surface area is 122 Å². The van der Waals surface area contributed by atoms with Gasteiger partial charge >= 0.3 is 0 Å². The van der Waals surface area contributed by atoms with Crippen LogP contribution in [-0.2, 0) is 11.2 Å². The Morgan fingerprint density at radius 3 is 2.63 bits per heavy atom. The first-order valence-electron chi connectivity index (χ1n) is 7.08. The van der Waals surface area contributed by atoms with E-state index in [1.165, 1.54) is 11.1 Å². The van der Waals surface area contributed by atoms with Crippen LogP contribution in [0.2, 0.25) is 5.02 Å². The highest BCUT2D eigenvalue weighted by Crippen LogP contribution is 2.20. The molecule has 0 bridgehead atoms. The van der Waals surface area contributed by atoms with Crippen molar-refractivity contribution >= 4 is 11.6 Å². The van der Waals surface area contributed by atoms with Gasteiger partial charge in [-0.1, -0.05) is 30.7 Å². The largest absolute Gasteiger partial charge is 0.382 e. The third-order valence-corrected chi connectivity index (χ3v) is 3.84. The van der Waals surface area contributed by atoms with E-state index in [4.69, 9.17) is 16.3 Å².